The molecule has 2 aromatic rings. The number of nitrogens with zero attached hydrogens (tertiary/aromatic N) is 4. The van der Waals surface area contributed by atoms with Gasteiger partial charge >= 0.3 is 0 Å². The summed E-state index contributed by atoms with van der Waals surface area (Å²) in [6.45, 7) is 11.4. The van der Waals surface area contributed by atoms with Crippen LogP contribution in [-0.2, 0) is 21.7 Å². The number of primary amides is 1. The fraction of sp³-hybridized carbons (Fsp3) is 0.458. The molecule has 178 valence electrons. The van der Waals surface area contributed by atoms with E-state index in [0.717, 1.165) is 43.7 Å². The van der Waals surface area contributed by atoms with Gasteiger partial charge in [0.05, 0.1) is 0 Å². The number of carbonyl (C=O) groups excluding carboxylic acids is 3. The van der Waals surface area contributed by atoms with Crippen LogP contribution in [0, 0.1) is 12.5 Å². The lowest BCUT2D eigenvalue weighted by Gasteiger charge is -2.38. The number of nitrogens with two attached hydrogens (primary N) is 1. The molecule has 0 spiro atoms. The fourth-order valence-corrected chi connectivity index (χ4v) is 4.40. The second-order valence-electron chi connectivity index (χ2n) is 9.16. The van der Waals surface area contributed by atoms with Crippen LogP contribution in [0.2, 0.25) is 0 Å². The zero-order valence-corrected chi connectivity index (χ0v) is 19.2. The molecule has 1 aromatic carbocycles. The summed E-state index contributed by atoms with van der Waals surface area (Å²) in [6.07, 6.45) is 4.57. The summed E-state index contributed by atoms with van der Waals surface area (Å²) < 4.78 is 1.67. The number of amides is 3. The van der Waals surface area contributed by atoms with E-state index in [1.807, 2.05) is 24.3 Å². The van der Waals surface area contributed by atoms with E-state index in [2.05, 4.69) is 25.5 Å². The van der Waals surface area contributed by atoms with Crippen LogP contribution in [0.5, 0.6) is 0 Å². The molecular weight excluding hydrogens is 434 g/mol. The Bertz CT molecular complexity index is 1140. The first-order valence-corrected chi connectivity index (χ1v) is 11.4. The fourth-order valence-electron chi connectivity index (χ4n) is 4.40. The van der Waals surface area contributed by atoms with Gasteiger partial charge in [-0.25, -0.2) is 6.57 Å². The van der Waals surface area contributed by atoms with Gasteiger partial charge in [0, 0.05) is 44.4 Å². The zero-order valence-electron chi connectivity index (χ0n) is 19.2. The Labute approximate surface area is 198 Å². The van der Waals surface area contributed by atoms with Crippen LogP contribution in [-0.4, -0.2) is 52.0 Å². The number of piperidine rings is 1. The number of anilines is 2. The van der Waals surface area contributed by atoms with Gasteiger partial charge in [-0.1, -0.05) is 12.1 Å². The third kappa shape index (κ3) is 5.26. The molecule has 4 rings (SSSR count). The van der Waals surface area contributed by atoms with Crippen LogP contribution < -0.4 is 16.4 Å². The predicted molar refractivity (Wildman–Crippen MR) is 127 cm³/mol. The van der Waals surface area contributed by atoms with Gasteiger partial charge < -0.3 is 21.2 Å². The number of hydrogen-bond acceptors (Lipinski definition) is 5. The van der Waals surface area contributed by atoms with Crippen molar-refractivity contribution < 1.29 is 14.4 Å². The Kier molecular flexibility index (Phi) is 6.65. The Balaban J connectivity index is 1.49. The molecule has 0 bridgehead atoms. The number of likely N-dealkylation sites (tertiary alicyclic amines) is 1. The predicted octanol–water partition coefficient (Wildman–Crippen LogP) is 2.20. The molecule has 0 radical (unpaired) electrons. The van der Waals surface area contributed by atoms with Gasteiger partial charge in [-0.05, 0) is 43.4 Å². The zero-order chi connectivity index (χ0) is 24.3. The van der Waals surface area contributed by atoms with Crippen molar-refractivity contribution in [3.05, 3.63) is 53.0 Å². The third-order valence-corrected chi connectivity index (χ3v) is 6.47. The summed E-state index contributed by atoms with van der Waals surface area (Å²) in [5.41, 5.74) is 6.99. The average molecular weight is 464 g/mol. The smallest absolute Gasteiger partial charge is 0.254 e. The molecule has 2 fully saturated rings. The Morgan fingerprint density at radius 3 is 2.59 bits per heavy atom. The summed E-state index contributed by atoms with van der Waals surface area (Å²) in [5, 5.41) is 10.1. The molecule has 34 heavy (non-hydrogen) atoms. The molecule has 2 aliphatic rings. The molecule has 1 aliphatic heterocycles. The highest BCUT2D eigenvalue weighted by molar-refractivity contribution is 6.02. The second-order valence-corrected chi connectivity index (χ2v) is 9.16. The number of benzene rings is 1. The lowest BCUT2D eigenvalue weighted by atomic mass is 9.87. The van der Waals surface area contributed by atoms with Crippen LogP contribution in [0.3, 0.4) is 0 Å². The van der Waals surface area contributed by atoms with Crippen molar-refractivity contribution in [2.75, 3.05) is 30.3 Å². The van der Waals surface area contributed by atoms with E-state index in [0.29, 0.717) is 12.8 Å². The quantitative estimate of drug-likeness (QED) is 0.517. The maximum atomic E-state index is 12.2. The van der Waals surface area contributed by atoms with E-state index in [-0.39, 0.29) is 35.7 Å². The average Bonchev–Trinajstić information content (AvgIpc) is 3.55. The van der Waals surface area contributed by atoms with Crippen LogP contribution >= 0.6 is 0 Å². The van der Waals surface area contributed by atoms with Crippen molar-refractivity contribution in [2.24, 2.45) is 11.7 Å². The molecule has 4 N–H and O–H groups in total. The summed E-state index contributed by atoms with van der Waals surface area (Å²) >= 11 is 0. The molecule has 10 heteroatoms. The maximum Gasteiger partial charge on any atom is 0.254 e. The van der Waals surface area contributed by atoms with Gasteiger partial charge in [-0.3, -0.25) is 24.0 Å². The monoisotopic (exact) mass is 463 g/mol. The van der Waals surface area contributed by atoms with Crippen LogP contribution in [0.4, 0.5) is 11.5 Å². The van der Waals surface area contributed by atoms with Crippen molar-refractivity contribution in [3.63, 3.8) is 0 Å². The molecule has 1 aromatic heterocycles. The maximum absolute atomic E-state index is 12.2. The van der Waals surface area contributed by atoms with Crippen LogP contribution in [0.25, 0.3) is 4.85 Å². The minimum atomic E-state index is -0.660. The molecule has 0 atom stereocenters. The number of rotatable bonds is 8. The molecule has 3 amide bonds. The molecular formula is C24H29N7O3. The van der Waals surface area contributed by atoms with E-state index in [1.54, 1.807) is 10.9 Å². The Morgan fingerprint density at radius 2 is 1.97 bits per heavy atom. The SMILES string of the molecule is [C-]#[N+]CC1(n2cc(C(N)=O)c(NC(=O)C3CC3)n2)CCN(Cc2cccc(NC(C)=O)c2)CC1. The van der Waals surface area contributed by atoms with Crippen molar-refractivity contribution in [1.29, 1.82) is 0 Å². The lowest BCUT2D eigenvalue weighted by molar-refractivity contribution is -0.117. The van der Waals surface area contributed by atoms with Gasteiger partial charge in [-0.15, -0.1) is 0 Å². The van der Waals surface area contributed by atoms with Crippen molar-refractivity contribution in [1.82, 2.24) is 14.7 Å². The molecule has 10 nitrogen and oxygen atoms in total. The molecule has 1 aliphatic carbocycles. The molecule has 1 saturated heterocycles. The standard InChI is InChI=1S/C24H29N7O3/c1-16(32)27-19-5-3-4-17(12-19)13-30-10-8-24(9-11-30,15-26-2)31-14-20(21(25)33)22(29-31)28-23(34)18-6-7-18/h3-5,12,14,18H,6-11,13,15H2,1H3,(H2,25,33)(H,27,32)(H,28,29,34). The van der Waals surface area contributed by atoms with Crippen molar-refractivity contribution >= 4 is 29.2 Å². The number of carbonyl (C=O) groups is 3. The molecule has 1 saturated carbocycles. The minimum absolute atomic E-state index is 0.0320. The number of hydrogen-bond donors (Lipinski definition) is 3. The normalized spacial score (nSPS) is 17.5. The van der Waals surface area contributed by atoms with E-state index < -0.39 is 11.4 Å². The highest BCUT2D eigenvalue weighted by Gasteiger charge is 2.41. The van der Waals surface area contributed by atoms with E-state index >= 15 is 0 Å². The van der Waals surface area contributed by atoms with Crippen molar-refractivity contribution in [2.45, 2.75) is 44.7 Å². The molecule has 2 heterocycles. The summed E-state index contributed by atoms with van der Waals surface area (Å²) in [5.74, 6) is -0.780. The summed E-state index contributed by atoms with van der Waals surface area (Å²) in [6, 6.07) is 7.76. The third-order valence-electron chi connectivity index (χ3n) is 6.47. The first-order valence-electron chi connectivity index (χ1n) is 11.4. The van der Waals surface area contributed by atoms with Gasteiger partial charge in [-0.2, -0.15) is 5.10 Å². The van der Waals surface area contributed by atoms with Gasteiger partial charge in [0.15, 0.2) is 5.82 Å². The lowest BCUT2D eigenvalue weighted by Crippen LogP contribution is -2.48. The summed E-state index contributed by atoms with van der Waals surface area (Å²) in [7, 11) is 0. The van der Waals surface area contributed by atoms with E-state index in [4.69, 9.17) is 12.3 Å². The highest BCUT2D eigenvalue weighted by atomic mass is 16.2. The number of nitrogens with one attached hydrogen (secondary N) is 2. The molecule has 0 unspecified atom stereocenters. The first kappa shape index (κ1) is 23.4. The van der Waals surface area contributed by atoms with Gasteiger partial charge in [0.25, 0.3) is 5.91 Å². The topological polar surface area (TPSA) is 127 Å². The Hall–Kier alpha value is -3.71. The Morgan fingerprint density at radius 1 is 1.24 bits per heavy atom. The summed E-state index contributed by atoms with van der Waals surface area (Å²) in [4.78, 5) is 41.6. The first-order chi connectivity index (χ1) is 16.3. The van der Waals surface area contributed by atoms with Gasteiger partial charge in [0.1, 0.15) is 11.1 Å². The van der Waals surface area contributed by atoms with E-state index in [9.17, 15) is 14.4 Å². The van der Waals surface area contributed by atoms with Crippen LogP contribution in [0.1, 0.15) is 48.5 Å². The van der Waals surface area contributed by atoms with Crippen LogP contribution in [0.15, 0.2) is 30.5 Å². The van der Waals surface area contributed by atoms with E-state index in [1.165, 1.54) is 6.92 Å². The highest BCUT2D eigenvalue weighted by Crippen LogP contribution is 2.34. The second kappa shape index (κ2) is 9.65. The van der Waals surface area contributed by atoms with Crippen molar-refractivity contribution in [3.8, 4) is 0 Å². The van der Waals surface area contributed by atoms with Gasteiger partial charge in [0.2, 0.25) is 18.4 Å². The largest absolute Gasteiger partial charge is 0.365 e. The number of aromatic nitrogens is 2. The minimum Gasteiger partial charge on any atom is -0.365 e.